The summed E-state index contributed by atoms with van der Waals surface area (Å²) in [6.07, 6.45) is 6.60. The Kier molecular flexibility index (Phi) is 5.41. The van der Waals surface area contributed by atoms with Gasteiger partial charge < -0.3 is 15.3 Å². The van der Waals surface area contributed by atoms with Crippen LogP contribution in [0, 0.1) is 0 Å². The van der Waals surface area contributed by atoms with Crippen molar-refractivity contribution in [1.82, 2.24) is 5.32 Å². The topological polar surface area (TPSA) is 52.6 Å². The highest BCUT2D eigenvalue weighted by Crippen LogP contribution is 2.26. The summed E-state index contributed by atoms with van der Waals surface area (Å²) in [5.74, 6) is -0.339. The largest absolute Gasteiger partial charge is 0.387 e. The summed E-state index contributed by atoms with van der Waals surface area (Å²) < 4.78 is 0. The van der Waals surface area contributed by atoms with E-state index >= 15 is 0 Å². The van der Waals surface area contributed by atoms with Gasteiger partial charge in [0.25, 0.3) is 0 Å². The monoisotopic (exact) mass is 276 g/mol. The highest BCUT2D eigenvalue weighted by atomic mass is 16.3. The second-order valence-corrected chi connectivity index (χ2v) is 5.50. The smallest absolute Gasteiger partial charge is 0.245 e. The third-order valence-electron chi connectivity index (χ3n) is 4.10. The Morgan fingerprint density at radius 1 is 1.25 bits per heavy atom. The lowest BCUT2D eigenvalue weighted by atomic mass is 9.94. The Labute approximate surface area is 120 Å². The van der Waals surface area contributed by atoms with Gasteiger partial charge in [-0.2, -0.15) is 0 Å². The third-order valence-corrected chi connectivity index (χ3v) is 4.10. The van der Waals surface area contributed by atoms with E-state index < -0.39 is 6.61 Å². The molecule has 1 aromatic carbocycles. The maximum absolute atomic E-state index is 11.0. The highest BCUT2D eigenvalue weighted by molar-refractivity contribution is 5.76. The van der Waals surface area contributed by atoms with Gasteiger partial charge in [-0.1, -0.05) is 31.4 Å². The summed E-state index contributed by atoms with van der Waals surface area (Å²) in [7, 11) is 2.17. The molecule has 0 spiro atoms. The van der Waals surface area contributed by atoms with E-state index in [1.807, 2.05) is 12.1 Å². The Hall–Kier alpha value is -1.55. The van der Waals surface area contributed by atoms with Crippen LogP contribution >= 0.6 is 0 Å². The van der Waals surface area contributed by atoms with Crippen molar-refractivity contribution in [2.45, 2.75) is 44.7 Å². The molecule has 1 aliphatic rings. The molecule has 0 aliphatic heterocycles. The molecule has 1 aliphatic carbocycles. The molecule has 4 nitrogen and oxygen atoms in total. The molecule has 1 amide bonds. The van der Waals surface area contributed by atoms with Crippen LogP contribution in [0.1, 0.15) is 37.7 Å². The minimum Gasteiger partial charge on any atom is -0.387 e. The fourth-order valence-corrected chi connectivity index (χ4v) is 2.78. The van der Waals surface area contributed by atoms with Crippen molar-refractivity contribution in [1.29, 1.82) is 0 Å². The van der Waals surface area contributed by atoms with E-state index in [2.05, 4.69) is 29.4 Å². The molecule has 4 heteroatoms. The van der Waals surface area contributed by atoms with Gasteiger partial charge in [-0.25, -0.2) is 0 Å². The molecular formula is C16H24N2O2. The van der Waals surface area contributed by atoms with Crippen LogP contribution in [0.15, 0.2) is 24.3 Å². The van der Waals surface area contributed by atoms with Crippen molar-refractivity contribution in [2.24, 2.45) is 0 Å². The number of amides is 1. The van der Waals surface area contributed by atoms with Crippen LogP contribution in [0.2, 0.25) is 0 Å². The Bertz CT molecular complexity index is 425. The molecule has 0 radical (unpaired) electrons. The average Bonchev–Trinajstić information content (AvgIpc) is 2.53. The van der Waals surface area contributed by atoms with Gasteiger partial charge in [0.15, 0.2) is 0 Å². The van der Waals surface area contributed by atoms with Crippen LogP contribution in [-0.4, -0.2) is 30.7 Å². The molecular weight excluding hydrogens is 252 g/mol. The maximum atomic E-state index is 11.0. The van der Waals surface area contributed by atoms with Crippen molar-refractivity contribution in [2.75, 3.05) is 18.6 Å². The van der Waals surface area contributed by atoms with Crippen LogP contribution in [0.3, 0.4) is 0 Å². The number of nitrogens with zero attached hydrogens (tertiary/aromatic N) is 1. The van der Waals surface area contributed by atoms with Crippen LogP contribution in [0.25, 0.3) is 0 Å². The first kappa shape index (κ1) is 14.9. The number of carbonyl (C=O) groups is 1. The molecule has 2 rings (SSSR count). The van der Waals surface area contributed by atoms with Crippen molar-refractivity contribution >= 4 is 11.6 Å². The lowest BCUT2D eigenvalue weighted by Crippen LogP contribution is -2.33. The predicted octanol–water partition coefficient (Wildman–Crippen LogP) is 2.06. The normalized spacial score (nSPS) is 15.9. The van der Waals surface area contributed by atoms with Crippen molar-refractivity contribution < 1.29 is 9.90 Å². The van der Waals surface area contributed by atoms with Gasteiger partial charge in [-0.3, -0.25) is 4.79 Å². The molecule has 0 atom stereocenters. The van der Waals surface area contributed by atoms with Gasteiger partial charge >= 0.3 is 0 Å². The summed E-state index contributed by atoms with van der Waals surface area (Å²) in [6.45, 7) is 0.00924. The van der Waals surface area contributed by atoms with Crippen molar-refractivity contribution in [3.05, 3.63) is 29.8 Å². The zero-order valence-electron chi connectivity index (χ0n) is 12.1. The number of aliphatic hydroxyl groups is 1. The molecule has 110 valence electrons. The van der Waals surface area contributed by atoms with E-state index in [-0.39, 0.29) is 5.91 Å². The summed E-state index contributed by atoms with van der Waals surface area (Å²) >= 11 is 0. The maximum Gasteiger partial charge on any atom is 0.245 e. The number of benzene rings is 1. The van der Waals surface area contributed by atoms with Crippen LogP contribution < -0.4 is 10.2 Å². The fraction of sp³-hybridized carbons (Fsp3) is 0.562. The number of anilines is 1. The number of rotatable bonds is 5. The predicted molar refractivity (Wildman–Crippen MR) is 80.7 cm³/mol. The second kappa shape index (κ2) is 7.29. The van der Waals surface area contributed by atoms with E-state index in [0.717, 1.165) is 5.56 Å². The summed E-state index contributed by atoms with van der Waals surface area (Å²) in [6, 6.07) is 8.94. The first-order chi connectivity index (χ1) is 9.70. The molecule has 1 fully saturated rings. The van der Waals surface area contributed by atoms with E-state index in [1.165, 1.54) is 37.8 Å². The lowest BCUT2D eigenvalue weighted by Gasteiger charge is -2.33. The summed E-state index contributed by atoms with van der Waals surface area (Å²) in [5.41, 5.74) is 2.28. The Morgan fingerprint density at radius 2 is 1.90 bits per heavy atom. The average molecular weight is 276 g/mol. The number of carbonyl (C=O) groups excluding carboxylic acids is 1. The molecule has 0 heterocycles. The SMILES string of the molecule is CN(c1ccc(CNC(=O)CO)cc1)C1CCCCC1. The van der Waals surface area contributed by atoms with Gasteiger partial charge in [-0.15, -0.1) is 0 Å². The number of hydrogen-bond acceptors (Lipinski definition) is 3. The van der Waals surface area contributed by atoms with Gasteiger partial charge in [0, 0.05) is 25.3 Å². The van der Waals surface area contributed by atoms with E-state index in [0.29, 0.717) is 12.6 Å². The quantitative estimate of drug-likeness (QED) is 0.865. The summed E-state index contributed by atoms with van der Waals surface area (Å²) in [5, 5.41) is 11.3. The molecule has 1 saturated carbocycles. The van der Waals surface area contributed by atoms with E-state index in [9.17, 15) is 4.79 Å². The minimum atomic E-state index is -0.456. The number of nitrogens with one attached hydrogen (secondary N) is 1. The first-order valence-electron chi connectivity index (χ1n) is 7.40. The lowest BCUT2D eigenvalue weighted by molar-refractivity contribution is -0.123. The fourth-order valence-electron chi connectivity index (χ4n) is 2.78. The molecule has 0 bridgehead atoms. The second-order valence-electron chi connectivity index (χ2n) is 5.50. The van der Waals surface area contributed by atoms with E-state index in [4.69, 9.17) is 5.11 Å². The Morgan fingerprint density at radius 3 is 2.50 bits per heavy atom. The number of aliphatic hydroxyl groups excluding tert-OH is 1. The molecule has 20 heavy (non-hydrogen) atoms. The molecule has 0 saturated heterocycles. The molecule has 0 unspecified atom stereocenters. The zero-order chi connectivity index (χ0) is 14.4. The first-order valence-corrected chi connectivity index (χ1v) is 7.40. The van der Waals surface area contributed by atoms with Crippen LogP contribution in [0.5, 0.6) is 0 Å². The van der Waals surface area contributed by atoms with Crippen molar-refractivity contribution in [3.63, 3.8) is 0 Å². The van der Waals surface area contributed by atoms with Crippen molar-refractivity contribution in [3.8, 4) is 0 Å². The van der Waals surface area contributed by atoms with Gasteiger partial charge in [0.05, 0.1) is 0 Å². The standard InChI is InChI=1S/C16H24N2O2/c1-18(14-5-3-2-4-6-14)15-9-7-13(8-10-15)11-17-16(20)12-19/h7-10,14,19H,2-6,11-12H2,1H3,(H,17,20). The van der Waals surface area contributed by atoms with E-state index in [1.54, 1.807) is 0 Å². The Balaban J connectivity index is 1.91. The van der Waals surface area contributed by atoms with Crippen LogP contribution in [-0.2, 0) is 11.3 Å². The molecule has 2 N–H and O–H groups in total. The molecule has 1 aromatic rings. The third kappa shape index (κ3) is 3.97. The van der Waals surface area contributed by atoms with Gasteiger partial charge in [-0.05, 0) is 30.5 Å². The van der Waals surface area contributed by atoms with Crippen LogP contribution in [0.4, 0.5) is 5.69 Å². The number of hydrogen-bond donors (Lipinski definition) is 2. The van der Waals surface area contributed by atoms with Gasteiger partial charge in [0.1, 0.15) is 6.61 Å². The highest BCUT2D eigenvalue weighted by Gasteiger charge is 2.18. The molecule has 0 aromatic heterocycles. The van der Waals surface area contributed by atoms with Gasteiger partial charge in [0.2, 0.25) is 5.91 Å². The summed E-state index contributed by atoms with van der Waals surface area (Å²) in [4.78, 5) is 13.4. The zero-order valence-corrected chi connectivity index (χ0v) is 12.1. The minimum absolute atomic E-state index is 0.339.